The highest BCUT2D eigenvalue weighted by Crippen LogP contribution is 2.22. The zero-order valence-electron chi connectivity index (χ0n) is 14.6. The second-order valence-corrected chi connectivity index (χ2v) is 5.76. The molecule has 0 saturated carbocycles. The van der Waals surface area contributed by atoms with Crippen LogP contribution >= 0.6 is 11.6 Å². The summed E-state index contributed by atoms with van der Waals surface area (Å²) >= 11 is 5.96. The minimum Gasteiger partial charge on any atom is -0.546 e. The lowest BCUT2D eigenvalue weighted by Crippen LogP contribution is -2.28. The SMILES string of the molecule is CC/C(=N/NC(=O)COc1ccccc1Cl)c1ccc(OCC(=O)[O-])cc1. The van der Waals surface area contributed by atoms with Crippen molar-refractivity contribution in [2.24, 2.45) is 5.10 Å². The van der Waals surface area contributed by atoms with Crippen LogP contribution in [0.3, 0.4) is 0 Å². The number of aliphatic carboxylic acids is 1. The van der Waals surface area contributed by atoms with Crippen molar-refractivity contribution in [1.29, 1.82) is 0 Å². The lowest BCUT2D eigenvalue weighted by Gasteiger charge is -2.09. The molecule has 2 aromatic rings. The third-order valence-corrected chi connectivity index (χ3v) is 3.70. The summed E-state index contributed by atoms with van der Waals surface area (Å²) in [7, 11) is 0. The van der Waals surface area contributed by atoms with Gasteiger partial charge in [-0.3, -0.25) is 4.79 Å². The van der Waals surface area contributed by atoms with Crippen LogP contribution in [-0.2, 0) is 9.59 Å². The molecule has 0 heterocycles. The van der Waals surface area contributed by atoms with Gasteiger partial charge < -0.3 is 19.4 Å². The number of carboxylic acids is 1. The fraction of sp³-hybridized carbons (Fsp3) is 0.211. The summed E-state index contributed by atoms with van der Waals surface area (Å²) < 4.78 is 10.4. The molecular weight excluding hydrogens is 372 g/mol. The standard InChI is InChI=1S/C19H19ClN2O5/c1-2-16(13-7-9-14(10-8-13)26-12-19(24)25)21-22-18(23)11-27-17-6-4-3-5-15(17)20/h3-10H,2,11-12H2,1H3,(H,22,23)(H,24,25)/p-1/b21-16-. The molecule has 0 fully saturated rings. The number of nitrogens with one attached hydrogen (secondary N) is 1. The van der Waals surface area contributed by atoms with Crippen molar-refractivity contribution in [3.05, 3.63) is 59.1 Å². The summed E-state index contributed by atoms with van der Waals surface area (Å²) in [5, 5.41) is 14.9. The molecule has 0 bridgehead atoms. The fourth-order valence-corrected chi connectivity index (χ4v) is 2.29. The Labute approximate surface area is 161 Å². The molecule has 0 unspecified atom stereocenters. The van der Waals surface area contributed by atoms with Gasteiger partial charge >= 0.3 is 0 Å². The van der Waals surface area contributed by atoms with Crippen molar-refractivity contribution in [2.45, 2.75) is 13.3 Å². The summed E-state index contributed by atoms with van der Waals surface area (Å²) in [6.45, 7) is 1.15. The van der Waals surface area contributed by atoms with Crippen LogP contribution in [0.1, 0.15) is 18.9 Å². The lowest BCUT2D eigenvalue weighted by atomic mass is 10.1. The van der Waals surface area contributed by atoms with Crippen molar-refractivity contribution in [2.75, 3.05) is 13.2 Å². The molecule has 7 nitrogen and oxygen atoms in total. The van der Waals surface area contributed by atoms with E-state index in [0.717, 1.165) is 5.56 Å². The van der Waals surface area contributed by atoms with Crippen LogP contribution in [-0.4, -0.2) is 30.8 Å². The number of nitrogens with zero attached hydrogens (tertiary/aromatic N) is 1. The number of hydrogen-bond donors (Lipinski definition) is 1. The molecule has 1 amide bonds. The van der Waals surface area contributed by atoms with Gasteiger partial charge in [0.05, 0.1) is 16.7 Å². The van der Waals surface area contributed by atoms with Crippen LogP contribution in [0.2, 0.25) is 5.02 Å². The van der Waals surface area contributed by atoms with Crippen LogP contribution in [0.15, 0.2) is 53.6 Å². The second-order valence-electron chi connectivity index (χ2n) is 5.35. The van der Waals surface area contributed by atoms with Crippen molar-refractivity contribution in [3.63, 3.8) is 0 Å². The Morgan fingerprint density at radius 1 is 1.07 bits per heavy atom. The Morgan fingerprint density at radius 2 is 1.78 bits per heavy atom. The van der Waals surface area contributed by atoms with E-state index < -0.39 is 18.5 Å². The smallest absolute Gasteiger partial charge is 0.277 e. The Hall–Kier alpha value is -3.06. The van der Waals surface area contributed by atoms with Crippen LogP contribution in [0.4, 0.5) is 0 Å². The number of amides is 1. The Kier molecular flexibility index (Phi) is 7.63. The number of carbonyl (C=O) groups excluding carboxylic acids is 2. The number of hydrogen-bond acceptors (Lipinski definition) is 6. The van der Waals surface area contributed by atoms with E-state index in [1.165, 1.54) is 0 Å². The number of rotatable bonds is 9. The molecule has 0 radical (unpaired) electrons. The number of hydrazone groups is 1. The molecule has 2 rings (SSSR count). The fourth-order valence-electron chi connectivity index (χ4n) is 2.10. The average Bonchev–Trinajstić information content (AvgIpc) is 2.67. The van der Waals surface area contributed by atoms with Gasteiger partial charge in [0.2, 0.25) is 0 Å². The predicted molar refractivity (Wildman–Crippen MR) is 98.9 cm³/mol. The first-order chi connectivity index (χ1) is 13.0. The van der Waals surface area contributed by atoms with E-state index >= 15 is 0 Å². The number of carbonyl (C=O) groups is 2. The number of para-hydroxylation sites is 1. The third-order valence-electron chi connectivity index (χ3n) is 3.39. The Balaban J connectivity index is 1.92. The number of carboxylic acid groups (broad SMARTS) is 1. The topological polar surface area (TPSA) is 100 Å². The highest BCUT2D eigenvalue weighted by atomic mass is 35.5. The largest absolute Gasteiger partial charge is 0.546 e. The van der Waals surface area contributed by atoms with Crippen LogP contribution in [0.5, 0.6) is 11.5 Å². The van der Waals surface area contributed by atoms with Crippen LogP contribution in [0, 0.1) is 0 Å². The maximum Gasteiger partial charge on any atom is 0.277 e. The van der Waals surface area contributed by atoms with E-state index in [2.05, 4.69) is 10.5 Å². The van der Waals surface area contributed by atoms with Crippen LogP contribution < -0.4 is 20.0 Å². The molecule has 27 heavy (non-hydrogen) atoms. The molecule has 0 aromatic heterocycles. The lowest BCUT2D eigenvalue weighted by molar-refractivity contribution is -0.307. The summed E-state index contributed by atoms with van der Waals surface area (Å²) in [5.41, 5.74) is 3.86. The molecule has 0 saturated heterocycles. The highest BCUT2D eigenvalue weighted by molar-refractivity contribution is 6.32. The van der Waals surface area contributed by atoms with E-state index in [1.54, 1.807) is 48.5 Å². The van der Waals surface area contributed by atoms with E-state index in [9.17, 15) is 14.7 Å². The van der Waals surface area contributed by atoms with Crippen molar-refractivity contribution >= 4 is 29.2 Å². The van der Waals surface area contributed by atoms with Gasteiger partial charge in [0.25, 0.3) is 5.91 Å². The van der Waals surface area contributed by atoms with Gasteiger partial charge in [-0.2, -0.15) is 5.10 Å². The first kappa shape index (κ1) is 20.3. The average molecular weight is 390 g/mol. The van der Waals surface area contributed by atoms with Gasteiger partial charge in [-0.05, 0) is 48.4 Å². The van der Waals surface area contributed by atoms with Gasteiger partial charge in [-0.25, -0.2) is 5.43 Å². The molecule has 0 atom stereocenters. The minimum absolute atomic E-state index is 0.222. The molecule has 0 aliphatic rings. The molecule has 0 spiro atoms. The quantitative estimate of drug-likeness (QED) is 0.520. The minimum atomic E-state index is -1.29. The van der Waals surface area contributed by atoms with Gasteiger partial charge in [0.15, 0.2) is 6.61 Å². The summed E-state index contributed by atoms with van der Waals surface area (Å²) in [6, 6.07) is 13.5. The summed E-state index contributed by atoms with van der Waals surface area (Å²) in [4.78, 5) is 22.3. The maximum absolute atomic E-state index is 11.9. The summed E-state index contributed by atoms with van der Waals surface area (Å²) in [6.07, 6.45) is 0.574. The van der Waals surface area contributed by atoms with Gasteiger partial charge in [-0.15, -0.1) is 0 Å². The van der Waals surface area contributed by atoms with E-state index in [4.69, 9.17) is 21.1 Å². The predicted octanol–water partition coefficient (Wildman–Crippen LogP) is 1.78. The molecule has 142 valence electrons. The van der Waals surface area contributed by atoms with Crippen molar-refractivity contribution in [3.8, 4) is 11.5 Å². The first-order valence-corrected chi connectivity index (χ1v) is 8.53. The zero-order chi connectivity index (χ0) is 19.6. The Morgan fingerprint density at radius 3 is 2.41 bits per heavy atom. The normalized spacial score (nSPS) is 11.0. The van der Waals surface area contributed by atoms with Crippen molar-refractivity contribution < 1.29 is 24.2 Å². The maximum atomic E-state index is 11.9. The van der Waals surface area contributed by atoms with Gasteiger partial charge in [0, 0.05) is 0 Å². The molecular formula is C19H18ClN2O5-. The monoisotopic (exact) mass is 389 g/mol. The van der Waals surface area contributed by atoms with Gasteiger partial charge in [-0.1, -0.05) is 30.7 Å². The Bertz CT molecular complexity index is 821. The van der Waals surface area contributed by atoms with E-state index in [1.807, 2.05) is 6.92 Å². The molecule has 0 aliphatic heterocycles. The molecule has 0 aliphatic carbocycles. The molecule has 8 heteroatoms. The number of halogens is 1. The van der Waals surface area contributed by atoms with Gasteiger partial charge in [0.1, 0.15) is 18.1 Å². The first-order valence-electron chi connectivity index (χ1n) is 8.15. The second kappa shape index (κ2) is 10.2. The number of ether oxygens (including phenoxy) is 2. The van der Waals surface area contributed by atoms with Crippen LogP contribution in [0.25, 0.3) is 0 Å². The molecule has 2 aromatic carbocycles. The number of benzene rings is 2. The third kappa shape index (κ3) is 6.63. The van der Waals surface area contributed by atoms with Crippen molar-refractivity contribution in [1.82, 2.24) is 5.43 Å². The highest BCUT2D eigenvalue weighted by Gasteiger charge is 2.07. The zero-order valence-corrected chi connectivity index (χ0v) is 15.4. The van der Waals surface area contributed by atoms with E-state index in [-0.39, 0.29) is 6.61 Å². The summed E-state index contributed by atoms with van der Waals surface area (Å²) in [5.74, 6) is -0.900. The van der Waals surface area contributed by atoms with E-state index in [0.29, 0.717) is 28.7 Å². The molecule has 1 N–H and O–H groups in total.